The van der Waals surface area contributed by atoms with Crippen molar-refractivity contribution in [3.63, 3.8) is 0 Å². The molecule has 5 aromatic rings. The Bertz CT molecular complexity index is 1240. The maximum absolute atomic E-state index is 5.86. The second-order valence-electron chi connectivity index (χ2n) is 6.47. The lowest BCUT2D eigenvalue weighted by Gasteiger charge is -2.01. The maximum atomic E-state index is 5.86. The lowest BCUT2D eigenvalue weighted by atomic mass is 10.1. The number of pyridine rings is 1. The number of hydrogen-bond acceptors (Lipinski definition) is 7. The van der Waals surface area contributed by atoms with Gasteiger partial charge in [0.2, 0.25) is 5.65 Å². The van der Waals surface area contributed by atoms with Crippen molar-refractivity contribution in [2.24, 2.45) is 0 Å². The Kier molecular flexibility index (Phi) is 3.82. The second kappa shape index (κ2) is 6.62. The number of anilines is 1. The SMILES string of the molecule is Nc1cc(Cc2cnn(Cc3cc(-c4ccccc4)on3)c2)c2n[nH]nc2n1. The van der Waals surface area contributed by atoms with E-state index in [0.29, 0.717) is 29.9 Å². The fourth-order valence-corrected chi connectivity index (χ4v) is 3.15. The molecular formula is C19H16N8O. The van der Waals surface area contributed by atoms with Gasteiger partial charge >= 0.3 is 0 Å². The molecule has 0 bridgehead atoms. The molecule has 0 atom stereocenters. The lowest BCUT2D eigenvalue weighted by molar-refractivity contribution is 0.419. The highest BCUT2D eigenvalue weighted by atomic mass is 16.5. The Balaban J connectivity index is 1.34. The molecule has 9 nitrogen and oxygen atoms in total. The molecule has 1 aromatic carbocycles. The second-order valence-corrected chi connectivity index (χ2v) is 6.47. The van der Waals surface area contributed by atoms with E-state index in [4.69, 9.17) is 10.3 Å². The van der Waals surface area contributed by atoms with Gasteiger partial charge in [0, 0.05) is 24.2 Å². The number of nitrogens with one attached hydrogen (secondary N) is 1. The molecule has 4 aromatic heterocycles. The zero-order chi connectivity index (χ0) is 18.9. The summed E-state index contributed by atoms with van der Waals surface area (Å²) in [6, 6.07) is 13.6. The highest BCUT2D eigenvalue weighted by Crippen LogP contribution is 2.21. The summed E-state index contributed by atoms with van der Waals surface area (Å²) in [5.74, 6) is 1.16. The van der Waals surface area contributed by atoms with Gasteiger partial charge in [0.1, 0.15) is 17.0 Å². The molecule has 0 saturated heterocycles. The Morgan fingerprint density at radius 2 is 2.00 bits per heavy atom. The highest BCUT2D eigenvalue weighted by molar-refractivity contribution is 5.76. The zero-order valence-corrected chi connectivity index (χ0v) is 14.8. The van der Waals surface area contributed by atoms with Crippen LogP contribution in [0.2, 0.25) is 0 Å². The number of aromatic nitrogens is 7. The van der Waals surface area contributed by atoms with Crippen LogP contribution in [0, 0.1) is 0 Å². The monoisotopic (exact) mass is 372 g/mol. The molecule has 0 saturated carbocycles. The number of nitrogen functional groups attached to an aromatic ring is 1. The third kappa shape index (κ3) is 3.09. The summed E-state index contributed by atoms with van der Waals surface area (Å²) in [6.07, 6.45) is 4.42. The van der Waals surface area contributed by atoms with Crippen LogP contribution in [0.4, 0.5) is 5.82 Å². The van der Waals surface area contributed by atoms with Gasteiger partial charge < -0.3 is 10.3 Å². The average molecular weight is 372 g/mol. The van der Waals surface area contributed by atoms with Crippen molar-refractivity contribution in [1.82, 2.24) is 35.3 Å². The minimum Gasteiger partial charge on any atom is -0.384 e. The van der Waals surface area contributed by atoms with Gasteiger partial charge in [0.25, 0.3) is 0 Å². The quantitative estimate of drug-likeness (QED) is 0.485. The van der Waals surface area contributed by atoms with Crippen LogP contribution in [0.5, 0.6) is 0 Å². The summed E-state index contributed by atoms with van der Waals surface area (Å²) in [5.41, 5.74) is 10.9. The summed E-state index contributed by atoms with van der Waals surface area (Å²) in [5, 5.41) is 19.3. The minimum atomic E-state index is 0.417. The molecule has 3 N–H and O–H groups in total. The van der Waals surface area contributed by atoms with Gasteiger partial charge in [-0.25, -0.2) is 4.98 Å². The number of H-pyrrole nitrogens is 1. The van der Waals surface area contributed by atoms with Crippen molar-refractivity contribution in [2.45, 2.75) is 13.0 Å². The van der Waals surface area contributed by atoms with E-state index in [1.807, 2.05) is 59.5 Å². The van der Waals surface area contributed by atoms with E-state index in [2.05, 4.69) is 30.7 Å². The van der Waals surface area contributed by atoms with Crippen LogP contribution in [0.3, 0.4) is 0 Å². The first-order valence-corrected chi connectivity index (χ1v) is 8.73. The van der Waals surface area contributed by atoms with Crippen molar-refractivity contribution in [3.05, 3.63) is 71.7 Å². The van der Waals surface area contributed by atoms with E-state index in [1.165, 1.54) is 0 Å². The molecule has 0 radical (unpaired) electrons. The summed E-state index contributed by atoms with van der Waals surface area (Å²) < 4.78 is 7.27. The molecule has 4 heterocycles. The minimum absolute atomic E-state index is 0.417. The van der Waals surface area contributed by atoms with Gasteiger partial charge in [-0.2, -0.15) is 15.4 Å². The van der Waals surface area contributed by atoms with E-state index in [1.54, 1.807) is 0 Å². The molecule has 0 fully saturated rings. The number of aromatic amines is 1. The number of rotatable bonds is 5. The van der Waals surface area contributed by atoms with E-state index < -0.39 is 0 Å². The molecule has 0 aliphatic rings. The molecule has 0 aliphatic heterocycles. The van der Waals surface area contributed by atoms with Crippen molar-refractivity contribution in [3.8, 4) is 11.3 Å². The number of fused-ring (bicyclic) bond motifs is 1. The van der Waals surface area contributed by atoms with Crippen LogP contribution in [0.1, 0.15) is 16.8 Å². The Labute approximate surface area is 159 Å². The van der Waals surface area contributed by atoms with Gasteiger partial charge in [0.05, 0.1) is 12.7 Å². The maximum Gasteiger partial charge on any atom is 0.203 e. The smallest absolute Gasteiger partial charge is 0.203 e. The van der Waals surface area contributed by atoms with Crippen LogP contribution in [-0.4, -0.2) is 35.3 Å². The normalized spacial score (nSPS) is 11.3. The van der Waals surface area contributed by atoms with Crippen LogP contribution in [0.15, 0.2) is 59.4 Å². The summed E-state index contributed by atoms with van der Waals surface area (Å²) >= 11 is 0. The number of benzene rings is 1. The molecule has 5 rings (SSSR count). The van der Waals surface area contributed by atoms with E-state index in [-0.39, 0.29) is 0 Å². The lowest BCUT2D eigenvalue weighted by Crippen LogP contribution is -2.00. The Morgan fingerprint density at radius 3 is 2.89 bits per heavy atom. The molecular weight excluding hydrogens is 356 g/mol. The van der Waals surface area contributed by atoms with Gasteiger partial charge in [-0.3, -0.25) is 4.68 Å². The van der Waals surface area contributed by atoms with Crippen molar-refractivity contribution in [1.29, 1.82) is 0 Å². The fourth-order valence-electron chi connectivity index (χ4n) is 3.15. The van der Waals surface area contributed by atoms with Crippen molar-refractivity contribution >= 4 is 17.0 Å². The van der Waals surface area contributed by atoms with Gasteiger partial charge in [0.15, 0.2) is 5.76 Å². The largest absolute Gasteiger partial charge is 0.384 e. The third-order valence-corrected chi connectivity index (χ3v) is 4.41. The van der Waals surface area contributed by atoms with E-state index in [9.17, 15) is 0 Å². The predicted octanol–water partition coefficient (Wildman–Crippen LogP) is 2.43. The molecule has 0 unspecified atom stereocenters. The molecule has 0 aliphatic carbocycles. The zero-order valence-electron chi connectivity index (χ0n) is 14.8. The number of hydrogen-bond donors (Lipinski definition) is 2. The summed E-state index contributed by atoms with van der Waals surface area (Å²) in [7, 11) is 0. The number of nitrogens with two attached hydrogens (primary N) is 1. The van der Waals surface area contributed by atoms with Gasteiger partial charge in [-0.05, 0) is 17.2 Å². The molecule has 138 valence electrons. The van der Waals surface area contributed by atoms with Crippen LogP contribution in [0.25, 0.3) is 22.5 Å². The Morgan fingerprint density at radius 1 is 1.11 bits per heavy atom. The van der Waals surface area contributed by atoms with Crippen LogP contribution < -0.4 is 5.73 Å². The molecule has 28 heavy (non-hydrogen) atoms. The van der Waals surface area contributed by atoms with E-state index in [0.717, 1.165) is 28.1 Å². The van der Waals surface area contributed by atoms with Crippen LogP contribution >= 0.6 is 0 Å². The standard InChI is InChI=1S/C19H16N8O/c20-17-7-14(18-19(22-17)24-26-23-18)6-12-9-21-27(10-12)11-15-8-16(28-25-15)13-4-2-1-3-5-13/h1-5,7-10H,6,11H2,(H3,20,22,23,24,26). The first-order chi connectivity index (χ1) is 13.7. The van der Waals surface area contributed by atoms with Gasteiger partial charge in [-0.15, -0.1) is 5.10 Å². The first-order valence-electron chi connectivity index (χ1n) is 8.73. The highest BCUT2D eigenvalue weighted by Gasteiger charge is 2.11. The number of nitrogens with zero attached hydrogens (tertiary/aromatic N) is 6. The predicted molar refractivity (Wildman–Crippen MR) is 102 cm³/mol. The van der Waals surface area contributed by atoms with Crippen molar-refractivity contribution < 1.29 is 4.52 Å². The fraction of sp³-hybridized carbons (Fsp3) is 0.105. The van der Waals surface area contributed by atoms with Gasteiger partial charge in [-0.1, -0.05) is 35.5 Å². The summed E-state index contributed by atoms with van der Waals surface area (Å²) in [4.78, 5) is 4.16. The molecule has 9 heteroatoms. The first kappa shape index (κ1) is 16.2. The van der Waals surface area contributed by atoms with E-state index >= 15 is 0 Å². The third-order valence-electron chi connectivity index (χ3n) is 4.41. The van der Waals surface area contributed by atoms with Crippen molar-refractivity contribution in [2.75, 3.05) is 5.73 Å². The Hall–Kier alpha value is -4.01. The summed E-state index contributed by atoms with van der Waals surface area (Å²) in [6.45, 7) is 0.522. The molecule has 0 spiro atoms. The molecule has 0 amide bonds. The average Bonchev–Trinajstić information content (AvgIpc) is 3.44. The van der Waals surface area contributed by atoms with Crippen LogP contribution in [-0.2, 0) is 13.0 Å². The topological polar surface area (TPSA) is 124 Å².